The van der Waals surface area contributed by atoms with Crippen molar-refractivity contribution in [2.75, 3.05) is 24.7 Å². The molecule has 0 radical (unpaired) electrons. The van der Waals surface area contributed by atoms with Gasteiger partial charge in [0.25, 0.3) is 0 Å². The standard InChI is InChI=1S/C13H18N6OS2/c1-9-6-14-19(7-9)10-4-3-5-18(8-10)13(20)16-11-15-12(21-2)17-22-11/h6-7,10H,3-5,8H2,1-2H3,(H,15,16,17,20). The second-order valence-electron chi connectivity index (χ2n) is 5.26. The first kappa shape index (κ1) is 15.3. The lowest BCUT2D eigenvalue weighted by molar-refractivity contribution is 0.174. The summed E-state index contributed by atoms with van der Waals surface area (Å²) in [6.45, 7) is 3.45. The largest absolute Gasteiger partial charge is 0.323 e. The van der Waals surface area contributed by atoms with Crippen LogP contribution in [0.2, 0.25) is 0 Å². The maximum absolute atomic E-state index is 12.4. The van der Waals surface area contributed by atoms with E-state index in [2.05, 4.69) is 19.8 Å². The summed E-state index contributed by atoms with van der Waals surface area (Å²) in [5.74, 6) is 0. The van der Waals surface area contributed by atoms with Crippen LogP contribution in [0.25, 0.3) is 0 Å². The first-order valence-electron chi connectivity index (χ1n) is 7.10. The van der Waals surface area contributed by atoms with Crippen LogP contribution < -0.4 is 5.32 Å². The van der Waals surface area contributed by atoms with E-state index in [0.29, 0.717) is 16.8 Å². The van der Waals surface area contributed by atoms with Gasteiger partial charge in [-0.05, 0) is 31.6 Å². The van der Waals surface area contributed by atoms with E-state index in [4.69, 9.17) is 0 Å². The Morgan fingerprint density at radius 2 is 2.41 bits per heavy atom. The number of aryl methyl sites for hydroxylation is 1. The molecule has 0 aliphatic carbocycles. The highest BCUT2D eigenvalue weighted by atomic mass is 32.2. The molecule has 2 amide bonds. The molecule has 2 aromatic heterocycles. The first-order chi connectivity index (χ1) is 10.7. The second-order valence-corrected chi connectivity index (χ2v) is 6.78. The minimum atomic E-state index is -0.114. The van der Waals surface area contributed by atoms with E-state index in [1.807, 2.05) is 35.2 Å². The van der Waals surface area contributed by atoms with Crippen molar-refractivity contribution < 1.29 is 4.79 Å². The number of nitrogens with one attached hydrogen (secondary N) is 1. The van der Waals surface area contributed by atoms with Crippen molar-refractivity contribution >= 4 is 34.5 Å². The van der Waals surface area contributed by atoms with Gasteiger partial charge in [-0.2, -0.15) is 14.5 Å². The number of piperidine rings is 1. The number of hydrogen-bond acceptors (Lipinski definition) is 6. The summed E-state index contributed by atoms with van der Waals surface area (Å²) in [6.07, 6.45) is 7.81. The Morgan fingerprint density at radius 1 is 1.55 bits per heavy atom. The number of hydrogen-bond donors (Lipinski definition) is 1. The lowest BCUT2D eigenvalue weighted by Crippen LogP contribution is -2.43. The van der Waals surface area contributed by atoms with Gasteiger partial charge in [0.15, 0.2) is 0 Å². The SMILES string of the molecule is CSc1nsc(NC(=O)N2CCCC(n3cc(C)cn3)C2)n1. The van der Waals surface area contributed by atoms with Gasteiger partial charge in [0.05, 0.1) is 12.2 Å². The van der Waals surface area contributed by atoms with Crippen molar-refractivity contribution in [2.45, 2.75) is 31.0 Å². The molecular formula is C13H18N6OS2. The first-order valence-corrected chi connectivity index (χ1v) is 9.10. The summed E-state index contributed by atoms with van der Waals surface area (Å²) >= 11 is 2.67. The van der Waals surface area contributed by atoms with Crippen molar-refractivity contribution in [3.8, 4) is 0 Å². The van der Waals surface area contributed by atoms with Crippen molar-refractivity contribution in [1.29, 1.82) is 0 Å². The summed E-state index contributed by atoms with van der Waals surface area (Å²) in [7, 11) is 0. The molecule has 1 unspecified atom stereocenters. The molecule has 3 rings (SSSR count). The molecule has 1 fully saturated rings. The molecule has 1 aliphatic rings. The Hall–Kier alpha value is -1.61. The predicted molar refractivity (Wildman–Crippen MR) is 87.5 cm³/mol. The monoisotopic (exact) mass is 338 g/mol. The van der Waals surface area contributed by atoms with Gasteiger partial charge in [0.1, 0.15) is 0 Å². The van der Waals surface area contributed by atoms with Gasteiger partial charge in [-0.15, -0.1) is 0 Å². The quantitative estimate of drug-likeness (QED) is 0.871. The molecule has 1 atom stereocenters. The fourth-order valence-electron chi connectivity index (χ4n) is 2.50. The molecular weight excluding hydrogens is 320 g/mol. The van der Waals surface area contributed by atoms with Gasteiger partial charge < -0.3 is 4.90 Å². The van der Waals surface area contributed by atoms with Gasteiger partial charge in [-0.3, -0.25) is 10.00 Å². The van der Waals surface area contributed by atoms with E-state index in [-0.39, 0.29) is 12.1 Å². The Kier molecular flexibility index (Phi) is 4.63. The van der Waals surface area contributed by atoms with Crippen LogP contribution in [0.1, 0.15) is 24.4 Å². The Bertz CT molecular complexity index is 655. The van der Waals surface area contributed by atoms with Gasteiger partial charge in [-0.1, -0.05) is 11.8 Å². The summed E-state index contributed by atoms with van der Waals surface area (Å²) in [6, 6.07) is 0.127. The maximum atomic E-state index is 12.4. The maximum Gasteiger partial charge on any atom is 0.323 e. The van der Waals surface area contributed by atoms with Gasteiger partial charge in [-0.25, -0.2) is 4.79 Å². The Balaban J connectivity index is 1.62. The van der Waals surface area contributed by atoms with Gasteiger partial charge in [0.2, 0.25) is 10.3 Å². The number of nitrogens with zero attached hydrogens (tertiary/aromatic N) is 5. The van der Waals surface area contributed by atoms with Crippen LogP contribution in [0, 0.1) is 6.92 Å². The summed E-state index contributed by atoms with van der Waals surface area (Å²) in [5, 5.41) is 8.43. The van der Waals surface area contributed by atoms with Crippen molar-refractivity contribution in [3.63, 3.8) is 0 Å². The summed E-state index contributed by atoms with van der Waals surface area (Å²) in [4.78, 5) is 18.4. The molecule has 22 heavy (non-hydrogen) atoms. The average molecular weight is 338 g/mol. The average Bonchev–Trinajstić information content (AvgIpc) is 3.16. The smallest absolute Gasteiger partial charge is 0.322 e. The van der Waals surface area contributed by atoms with Crippen molar-refractivity contribution in [3.05, 3.63) is 18.0 Å². The number of urea groups is 1. The third-order valence-electron chi connectivity index (χ3n) is 3.59. The van der Waals surface area contributed by atoms with Crippen LogP contribution in [0.15, 0.2) is 17.6 Å². The lowest BCUT2D eigenvalue weighted by Gasteiger charge is -2.32. The van der Waals surface area contributed by atoms with Crippen LogP contribution >= 0.6 is 23.3 Å². The molecule has 0 saturated carbocycles. The Morgan fingerprint density at radius 3 is 3.09 bits per heavy atom. The predicted octanol–water partition coefficient (Wildman–Crippen LogP) is 2.63. The van der Waals surface area contributed by atoms with E-state index in [0.717, 1.165) is 24.9 Å². The molecule has 3 heterocycles. The van der Waals surface area contributed by atoms with Gasteiger partial charge >= 0.3 is 6.03 Å². The molecule has 0 aromatic carbocycles. The van der Waals surface area contributed by atoms with Crippen LogP contribution in [0.4, 0.5) is 9.93 Å². The van der Waals surface area contributed by atoms with E-state index in [1.165, 1.54) is 23.3 Å². The normalized spacial score (nSPS) is 18.5. The minimum absolute atomic E-state index is 0.114. The number of carbonyl (C=O) groups is 1. The van der Waals surface area contributed by atoms with E-state index in [1.54, 1.807) is 0 Å². The summed E-state index contributed by atoms with van der Waals surface area (Å²) < 4.78 is 6.11. The van der Waals surface area contributed by atoms with E-state index >= 15 is 0 Å². The van der Waals surface area contributed by atoms with Crippen molar-refractivity contribution in [1.82, 2.24) is 24.0 Å². The second kappa shape index (κ2) is 6.66. The number of thioether (sulfide) groups is 1. The zero-order valence-corrected chi connectivity index (χ0v) is 14.2. The van der Waals surface area contributed by atoms with Crippen LogP contribution in [-0.4, -0.2) is 49.4 Å². The molecule has 9 heteroatoms. The zero-order valence-electron chi connectivity index (χ0n) is 12.5. The van der Waals surface area contributed by atoms with Gasteiger partial charge in [0, 0.05) is 30.8 Å². The van der Waals surface area contributed by atoms with Crippen LogP contribution in [0.5, 0.6) is 0 Å². The molecule has 7 nitrogen and oxygen atoms in total. The fourth-order valence-corrected chi connectivity index (χ4v) is 3.62. The minimum Gasteiger partial charge on any atom is -0.322 e. The Labute approximate surface area is 137 Å². The molecule has 1 aliphatic heterocycles. The highest BCUT2D eigenvalue weighted by Crippen LogP contribution is 2.23. The highest BCUT2D eigenvalue weighted by Gasteiger charge is 2.25. The number of carbonyl (C=O) groups excluding carboxylic acids is 1. The zero-order chi connectivity index (χ0) is 15.5. The number of anilines is 1. The number of likely N-dealkylation sites (tertiary alicyclic amines) is 1. The molecule has 118 valence electrons. The molecule has 0 bridgehead atoms. The van der Waals surface area contributed by atoms with E-state index < -0.39 is 0 Å². The molecule has 2 aromatic rings. The number of aromatic nitrogens is 4. The molecule has 0 spiro atoms. The number of rotatable bonds is 3. The topological polar surface area (TPSA) is 75.9 Å². The van der Waals surface area contributed by atoms with Crippen LogP contribution in [-0.2, 0) is 0 Å². The molecule has 1 N–H and O–H groups in total. The third kappa shape index (κ3) is 3.41. The lowest BCUT2D eigenvalue weighted by atomic mass is 10.1. The van der Waals surface area contributed by atoms with E-state index in [9.17, 15) is 4.79 Å². The third-order valence-corrected chi connectivity index (χ3v) is 4.89. The number of amides is 2. The van der Waals surface area contributed by atoms with Crippen LogP contribution in [0.3, 0.4) is 0 Å². The fraction of sp³-hybridized carbons (Fsp3) is 0.538. The highest BCUT2D eigenvalue weighted by molar-refractivity contribution is 7.98. The molecule has 1 saturated heterocycles. The summed E-state index contributed by atoms with van der Waals surface area (Å²) in [5.41, 5.74) is 1.14. The van der Waals surface area contributed by atoms with Crippen molar-refractivity contribution in [2.24, 2.45) is 0 Å².